The molecule has 2 heterocycles. The lowest BCUT2D eigenvalue weighted by atomic mass is 10.0. The molecule has 1 aromatic carbocycles. The molecule has 1 aromatic heterocycles. The summed E-state index contributed by atoms with van der Waals surface area (Å²) in [6.45, 7) is 8.92. The van der Waals surface area contributed by atoms with Crippen LogP contribution in [0.1, 0.15) is 47.5 Å². The highest BCUT2D eigenvalue weighted by Gasteiger charge is 2.34. The van der Waals surface area contributed by atoms with Crippen molar-refractivity contribution in [3.63, 3.8) is 0 Å². The molecule has 0 spiro atoms. The van der Waals surface area contributed by atoms with Gasteiger partial charge in [0.05, 0.1) is 12.6 Å². The van der Waals surface area contributed by atoms with Gasteiger partial charge in [-0.2, -0.15) is 0 Å². The maximum absolute atomic E-state index is 13.0. The molecule has 27 heavy (non-hydrogen) atoms. The Bertz CT molecular complexity index is 758. The van der Waals surface area contributed by atoms with Gasteiger partial charge in [0.15, 0.2) is 0 Å². The molecule has 1 aliphatic heterocycles. The van der Waals surface area contributed by atoms with Gasteiger partial charge in [-0.25, -0.2) is 4.98 Å². The zero-order chi connectivity index (χ0) is 20.0. The van der Waals surface area contributed by atoms with Crippen LogP contribution in [0.25, 0.3) is 0 Å². The summed E-state index contributed by atoms with van der Waals surface area (Å²) in [7, 11) is 0. The molecule has 1 aliphatic rings. The molecule has 7 heteroatoms. The number of hydrogen-bond acceptors (Lipinski definition) is 4. The predicted octanol–water partition coefficient (Wildman–Crippen LogP) is 2.97. The number of nitrogens with one attached hydrogen (secondary N) is 1. The van der Waals surface area contributed by atoms with Crippen LogP contribution in [0.4, 0.5) is 0 Å². The summed E-state index contributed by atoms with van der Waals surface area (Å²) in [6.07, 6.45) is -0.0788. The Morgan fingerprint density at radius 2 is 1.93 bits per heavy atom. The second kappa shape index (κ2) is 9.32. The molecule has 2 aromatic rings. The first kappa shape index (κ1) is 20.6. The van der Waals surface area contributed by atoms with Crippen LogP contribution in [0.2, 0.25) is 0 Å². The largest absolute Gasteiger partial charge is 0.483 e. The van der Waals surface area contributed by atoms with Crippen LogP contribution in [0, 0.1) is 19.8 Å². The molecule has 2 N–H and O–H groups in total. The Hall–Kier alpha value is -2.67. The Morgan fingerprint density at radius 1 is 1.30 bits per heavy atom. The van der Waals surface area contributed by atoms with E-state index in [0.29, 0.717) is 24.7 Å². The monoisotopic (exact) mass is 373 g/mol. The van der Waals surface area contributed by atoms with Gasteiger partial charge >= 0.3 is 0 Å². The zero-order valence-corrected chi connectivity index (χ0v) is 16.2. The van der Waals surface area contributed by atoms with Gasteiger partial charge in [-0.05, 0) is 25.3 Å². The number of imidazole rings is 1. The summed E-state index contributed by atoms with van der Waals surface area (Å²) < 4.78 is 6.26. The second-order valence-corrected chi connectivity index (χ2v) is 6.93. The summed E-state index contributed by atoms with van der Waals surface area (Å²) in [5, 5.41) is 6.89. The standard InChI is InChI=1S/C19H25N3O2.CH2O2/c1-12(2)16-10-22(19(23)18-13(3)20-14(4)21-18)11-17(24-16)15-8-6-5-7-9-15;2-1-3/h5-9,12,16-17H,10-11H2,1-4H3,(H,20,21);1H,(H,2,3)/t16-,17+;/m1./s1. The van der Waals surface area contributed by atoms with E-state index >= 15 is 0 Å². The number of ether oxygens (including phenoxy) is 1. The number of carboxylic acid groups (broad SMARTS) is 1. The number of aromatic nitrogens is 2. The van der Waals surface area contributed by atoms with E-state index < -0.39 is 0 Å². The molecular weight excluding hydrogens is 346 g/mol. The average molecular weight is 373 g/mol. The summed E-state index contributed by atoms with van der Waals surface area (Å²) in [6, 6.07) is 10.1. The first-order chi connectivity index (χ1) is 12.9. The lowest BCUT2D eigenvalue weighted by Crippen LogP contribution is -2.48. The maximum atomic E-state index is 13.0. The highest BCUT2D eigenvalue weighted by atomic mass is 16.5. The third kappa shape index (κ3) is 5.17. The molecule has 7 nitrogen and oxygen atoms in total. The number of H-pyrrole nitrogens is 1. The molecule has 0 saturated carbocycles. The number of hydrogen-bond donors (Lipinski definition) is 2. The van der Waals surface area contributed by atoms with Crippen LogP contribution in [0.5, 0.6) is 0 Å². The Balaban J connectivity index is 0.000000817. The second-order valence-electron chi connectivity index (χ2n) is 6.93. The third-order valence-electron chi connectivity index (χ3n) is 4.53. The number of rotatable bonds is 3. The van der Waals surface area contributed by atoms with Crippen LogP contribution in [0.3, 0.4) is 0 Å². The van der Waals surface area contributed by atoms with Crippen molar-refractivity contribution < 1.29 is 19.4 Å². The highest BCUT2D eigenvalue weighted by Crippen LogP contribution is 2.29. The van der Waals surface area contributed by atoms with Crippen molar-refractivity contribution in [1.29, 1.82) is 0 Å². The van der Waals surface area contributed by atoms with Crippen LogP contribution in [-0.2, 0) is 9.53 Å². The van der Waals surface area contributed by atoms with E-state index in [1.165, 1.54) is 0 Å². The molecule has 2 atom stereocenters. The third-order valence-corrected chi connectivity index (χ3v) is 4.53. The highest BCUT2D eigenvalue weighted by molar-refractivity contribution is 5.93. The number of amides is 1. The summed E-state index contributed by atoms with van der Waals surface area (Å²) in [5.41, 5.74) is 2.45. The molecule has 1 amide bonds. The van der Waals surface area contributed by atoms with Crippen molar-refractivity contribution in [3.05, 3.63) is 53.1 Å². The van der Waals surface area contributed by atoms with E-state index in [9.17, 15) is 4.79 Å². The van der Waals surface area contributed by atoms with Crippen molar-refractivity contribution in [1.82, 2.24) is 14.9 Å². The van der Waals surface area contributed by atoms with Gasteiger partial charge in [0.25, 0.3) is 12.4 Å². The maximum Gasteiger partial charge on any atom is 0.290 e. The fourth-order valence-electron chi connectivity index (χ4n) is 3.14. The summed E-state index contributed by atoms with van der Waals surface area (Å²) in [4.78, 5) is 30.7. The number of nitrogens with zero attached hydrogens (tertiary/aromatic N) is 2. The van der Waals surface area contributed by atoms with Gasteiger partial charge in [0, 0.05) is 12.2 Å². The molecule has 0 unspecified atom stereocenters. The van der Waals surface area contributed by atoms with Crippen molar-refractivity contribution >= 4 is 12.4 Å². The van der Waals surface area contributed by atoms with Crippen LogP contribution >= 0.6 is 0 Å². The molecule has 0 aliphatic carbocycles. The molecule has 0 bridgehead atoms. The van der Waals surface area contributed by atoms with E-state index in [-0.39, 0.29) is 24.6 Å². The van der Waals surface area contributed by atoms with Gasteiger partial charge in [-0.15, -0.1) is 0 Å². The number of carbonyl (C=O) groups excluding carboxylic acids is 1. The number of benzene rings is 1. The minimum absolute atomic E-state index is 0.0215. The van der Waals surface area contributed by atoms with E-state index in [1.54, 1.807) is 0 Å². The van der Waals surface area contributed by atoms with Gasteiger partial charge in [0.2, 0.25) is 0 Å². The quantitative estimate of drug-likeness (QED) is 0.807. The van der Waals surface area contributed by atoms with Gasteiger partial charge in [0.1, 0.15) is 17.6 Å². The number of aromatic amines is 1. The number of morpholine rings is 1. The minimum atomic E-state index is -0.250. The van der Waals surface area contributed by atoms with Gasteiger partial charge < -0.3 is 19.7 Å². The van der Waals surface area contributed by atoms with Crippen LogP contribution < -0.4 is 0 Å². The van der Waals surface area contributed by atoms with Crippen LogP contribution in [-0.4, -0.2) is 51.5 Å². The molecule has 1 fully saturated rings. The Morgan fingerprint density at radius 3 is 2.44 bits per heavy atom. The lowest BCUT2D eigenvalue weighted by Gasteiger charge is -2.39. The van der Waals surface area contributed by atoms with Gasteiger partial charge in [-0.1, -0.05) is 44.2 Å². The topological polar surface area (TPSA) is 95.5 Å². The van der Waals surface area contributed by atoms with Crippen LogP contribution in [0.15, 0.2) is 30.3 Å². The fourth-order valence-corrected chi connectivity index (χ4v) is 3.14. The van der Waals surface area contributed by atoms with Crippen molar-refractivity contribution in [2.75, 3.05) is 13.1 Å². The van der Waals surface area contributed by atoms with E-state index in [1.807, 2.05) is 36.9 Å². The van der Waals surface area contributed by atoms with Crippen molar-refractivity contribution in [2.45, 2.75) is 39.9 Å². The molecule has 3 rings (SSSR count). The normalized spacial score (nSPS) is 19.4. The van der Waals surface area contributed by atoms with Crippen molar-refractivity contribution in [3.8, 4) is 0 Å². The first-order valence-electron chi connectivity index (χ1n) is 8.98. The SMILES string of the molecule is Cc1nc(C(=O)N2C[C@@H](c3ccccc3)O[C@@H](C(C)C)C2)c(C)[nH]1.O=CO. The lowest BCUT2D eigenvalue weighted by molar-refractivity contribution is -0.122. The molecule has 0 radical (unpaired) electrons. The average Bonchev–Trinajstić information content (AvgIpc) is 3.00. The molecule has 1 saturated heterocycles. The smallest absolute Gasteiger partial charge is 0.290 e. The molecular formula is C20H27N3O4. The predicted molar refractivity (Wildman–Crippen MR) is 102 cm³/mol. The minimum Gasteiger partial charge on any atom is -0.483 e. The van der Waals surface area contributed by atoms with Crippen molar-refractivity contribution in [2.24, 2.45) is 5.92 Å². The number of aryl methyl sites for hydroxylation is 2. The zero-order valence-electron chi connectivity index (χ0n) is 16.2. The van der Waals surface area contributed by atoms with E-state index in [4.69, 9.17) is 14.6 Å². The summed E-state index contributed by atoms with van der Waals surface area (Å²) in [5.74, 6) is 1.09. The first-order valence-corrected chi connectivity index (χ1v) is 8.98. The number of carbonyl (C=O) groups is 2. The fraction of sp³-hybridized carbons (Fsp3) is 0.450. The van der Waals surface area contributed by atoms with E-state index in [0.717, 1.165) is 17.1 Å². The Kier molecular flexibility index (Phi) is 7.12. The van der Waals surface area contributed by atoms with Gasteiger partial charge in [-0.3, -0.25) is 9.59 Å². The Labute approximate surface area is 159 Å². The summed E-state index contributed by atoms with van der Waals surface area (Å²) >= 11 is 0. The molecule has 146 valence electrons. The van der Waals surface area contributed by atoms with E-state index in [2.05, 4.69) is 35.9 Å².